The number of carbonyl (C=O) groups is 3. The lowest BCUT2D eigenvalue weighted by Gasteiger charge is -2.32. The Labute approximate surface area is 188 Å². The number of hydrogen-bond donors (Lipinski definition) is 1. The molecule has 2 aliphatic rings. The van der Waals surface area contributed by atoms with E-state index in [9.17, 15) is 14.4 Å². The molecular formula is C26H29N3O3. The maximum atomic E-state index is 13.7. The molecule has 166 valence electrons. The van der Waals surface area contributed by atoms with Crippen molar-refractivity contribution >= 4 is 34.7 Å². The third-order valence-corrected chi connectivity index (χ3v) is 6.26. The van der Waals surface area contributed by atoms with Crippen LogP contribution in [0.2, 0.25) is 0 Å². The number of benzene rings is 2. The predicted molar refractivity (Wildman–Crippen MR) is 126 cm³/mol. The van der Waals surface area contributed by atoms with Crippen molar-refractivity contribution in [2.75, 3.05) is 23.3 Å². The molecule has 6 heteroatoms. The molecule has 6 nitrogen and oxygen atoms in total. The smallest absolute Gasteiger partial charge is 0.282 e. The molecule has 3 amide bonds. The summed E-state index contributed by atoms with van der Waals surface area (Å²) >= 11 is 0. The van der Waals surface area contributed by atoms with Crippen LogP contribution >= 0.6 is 0 Å². The molecule has 0 bridgehead atoms. The minimum Gasteiger partial charge on any atom is -0.366 e. The summed E-state index contributed by atoms with van der Waals surface area (Å²) in [6.45, 7) is 9.05. The minimum atomic E-state index is -0.301. The fraction of sp³-hybridized carbons (Fsp3) is 0.346. The lowest BCUT2D eigenvalue weighted by atomic mass is 9.97. The molecule has 4 rings (SSSR count). The van der Waals surface area contributed by atoms with Crippen molar-refractivity contribution in [3.8, 4) is 0 Å². The van der Waals surface area contributed by atoms with Crippen molar-refractivity contribution in [1.82, 2.24) is 4.90 Å². The summed E-state index contributed by atoms with van der Waals surface area (Å²) in [6.07, 6.45) is 1.98. The molecule has 1 fully saturated rings. The van der Waals surface area contributed by atoms with Crippen molar-refractivity contribution in [1.29, 1.82) is 0 Å². The summed E-state index contributed by atoms with van der Waals surface area (Å²) in [4.78, 5) is 42.2. The van der Waals surface area contributed by atoms with Gasteiger partial charge in [-0.1, -0.05) is 31.2 Å². The van der Waals surface area contributed by atoms with Crippen LogP contribution in [0, 0.1) is 19.8 Å². The van der Waals surface area contributed by atoms with E-state index in [0.29, 0.717) is 34.1 Å². The highest BCUT2D eigenvalue weighted by atomic mass is 16.2. The summed E-state index contributed by atoms with van der Waals surface area (Å²) in [7, 11) is 0. The number of hydrogen-bond acceptors (Lipinski definition) is 4. The van der Waals surface area contributed by atoms with Crippen LogP contribution < -0.4 is 10.2 Å². The fourth-order valence-corrected chi connectivity index (χ4v) is 4.41. The minimum absolute atomic E-state index is 0.159. The lowest BCUT2D eigenvalue weighted by Crippen LogP contribution is -2.38. The molecule has 2 aromatic rings. The molecule has 1 N–H and O–H groups in total. The van der Waals surface area contributed by atoms with Gasteiger partial charge in [0.15, 0.2) is 0 Å². The highest BCUT2D eigenvalue weighted by Gasteiger charge is 2.43. The van der Waals surface area contributed by atoms with E-state index in [1.165, 1.54) is 11.8 Å². The molecule has 2 heterocycles. The van der Waals surface area contributed by atoms with E-state index in [1.54, 1.807) is 24.3 Å². The normalized spacial score (nSPS) is 17.4. The third kappa shape index (κ3) is 4.05. The van der Waals surface area contributed by atoms with E-state index >= 15 is 0 Å². The Morgan fingerprint density at radius 1 is 0.969 bits per heavy atom. The van der Waals surface area contributed by atoms with Gasteiger partial charge in [0, 0.05) is 25.7 Å². The number of aryl methyl sites for hydroxylation is 2. The molecule has 0 aromatic heterocycles. The van der Waals surface area contributed by atoms with E-state index in [-0.39, 0.29) is 17.7 Å². The number of amides is 3. The van der Waals surface area contributed by atoms with Gasteiger partial charge in [-0.05, 0) is 67.5 Å². The maximum Gasteiger partial charge on any atom is 0.282 e. The first-order valence-electron chi connectivity index (χ1n) is 11.1. The van der Waals surface area contributed by atoms with Crippen molar-refractivity contribution in [3.63, 3.8) is 0 Å². The van der Waals surface area contributed by atoms with Crippen LogP contribution in [0.4, 0.5) is 11.4 Å². The Hall–Kier alpha value is -3.41. The van der Waals surface area contributed by atoms with Crippen molar-refractivity contribution in [2.45, 2.75) is 40.5 Å². The van der Waals surface area contributed by atoms with Crippen molar-refractivity contribution < 1.29 is 14.4 Å². The summed E-state index contributed by atoms with van der Waals surface area (Å²) in [5.41, 5.74) is 4.75. The van der Waals surface area contributed by atoms with Crippen LogP contribution in [0.15, 0.2) is 48.2 Å². The SMILES string of the molecule is CC(=O)Nc1ccc(C2=C(N3CCC(C)CC3)C(=O)N(c3cc(C)ccc3C)C2=O)cc1. The summed E-state index contributed by atoms with van der Waals surface area (Å²) in [5.74, 6) is -0.119. The molecule has 0 unspecified atom stereocenters. The zero-order chi connectivity index (χ0) is 23.0. The van der Waals surface area contributed by atoms with Crippen LogP contribution in [0.5, 0.6) is 0 Å². The lowest BCUT2D eigenvalue weighted by molar-refractivity contribution is -0.121. The van der Waals surface area contributed by atoms with E-state index in [4.69, 9.17) is 0 Å². The van der Waals surface area contributed by atoms with Gasteiger partial charge >= 0.3 is 0 Å². The first-order valence-corrected chi connectivity index (χ1v) is 11.1. The number of nitrogens with one attached hydrogen (secondary N) is 1. The zero-order valence-corrected chi connectivity index (χ0v) is 19.1. The first-order chi connectivity index (χ1) is 15.3. The number of piperidine rings is 1. The van der Waals surface area contributed by atoms with E-state index in [2.05, 4.69) is 17.1 Å². The summed E-state index contributed by atoms with van der Waals surface area (Å²) in [5, 5.41) is 2.74. The highest BCUT2D eigenvalue weighted by Crippen LogP contribution is 2.38. The number of imide groups is 1. The maximum absolute atomic E-state index is 13.7. The van der Waals surface area contributed by atoms with Gasteiger partial charge in [-0.25, -0.2) is 4.90 Å². The fourth-order valence-electron chi connectivity index (χ4n) is 4.41. The molecule has 1 saturated heterocycles. The van der Waals surface area contributed by atoms with Crippen LogP contribution in [-0.2, 0) is 14.4 Å². The second-order valence-corrected chi connectivity index (χ2v) is 8.89. The molecule has 32 heavy (non-hydrogen) atoms. The highest BCUT2D eigenvalue weighted by molar-refractivity contribution is 6.45. The topological polar surface area (TPSA) is 69.7 Å². The van der Waals surface area contributed by atoms with Gasteiger partial charge in [-0.3, -0.25) is 14.4 Å². The van der Waals surface area contributed by atoms with E-state index in [0.717, 1.165) is 37.1 Å². The van der Waals surface area contributed by atoms with Gasteiger partial charge in [0.1, 0.15) is 5.70 Å². The number of anilines is 2. The Morgan fingerprint density at radius 3 is 2.25 bits per heavy atom. The van der Waals surface area contributed by atoms with Crippen molar-refractivity contribution in [3.05, 3.63) is 64.9 Å². The zero-order valence-electron chi connectivity index (χ0n) is 19.1. The molecule has 0 spiro atoms. The summed E-state index contributed by atoms with van der Waals surface area (Å²) in [6, 6.07) is 12.9. The Balaban J connectivity index is 1.79. The molecule has 2 aliphatic heterocycles. The number of rotatable bonds is 4. The first kappa shape index (κ1) is 21.8. The number of likely N-dealkylation sites (tertiary alicyclic amines) is 1. The monoisotopic (exact) mass is 431 g/mol. The quantitative estimate of drug-likeness (QED) is 0.734. The number of carbonyl (C=O) groups excluding carboxylic acids is 3. The molecule has 2 aromatic carbocycles. The molecule has 0 radical (unpaired) electrons. The van der Waals surface area contributed by atoms with Gasteiger partial charge in [0.25, 0.3) is 11.8 Å². The second-order valence-electron chi connectivity index (χ2n) is 8.89. The predicted octanol–water partition coefficient (Wildman–Crippen LogP) is 4.28. The molecule has 0 aliphatic carbocycles. The standard InChI is InChI=1S/C26H29N3O3/c1-16-11-13-28(14-12-16)24-23(20-7-9-21(10-8-20)27-19(4)30)25(31)29(26(24)32)22-15-17(2)5-6-18(22)3/h5-10,15-16H,11-14H2,1-4H3,(H,27,30). The molecular weight excluding hydrogens is 402 g/mol. The van der Waals surface area contributed by atoms with Crippen LogP contribution in [0.25, 0.3) is 5.57 Å². The van der Waals surface area contributed by atoms with Crippen LogP contribution in [-0.4, -0.2) is 35.7 Å². The molecule has 0 atom stereocenters. The average Bonchev–Trinajstić information content (AvgIpc) is 3.01. The van der Waals surface area contributed by atoms with Crippen LogP contribution in [0.1, 0.15) is 43.4 Å². The Morgan fingerprint density at radius 2 is 1.62 bits per heavy atom. The van der Waals surface area contributed by atoms with Crippen LogP contribution in [0.3, 0.4) is 0 Å². The average molecular weight is 432 g/mol. The Bertz CT molecular complexity index is 1110. The number of nitrogens with zero attached hydrogens (tertiary/aromatic N) is 2. The second kappa shape index (κ2) is 8.61. The van der Waals surface area contributed by atoms with E-state index < -0.39 is 0 Å². The van der Waals surface area contributed by atoms with E-state index in [1.807, 2.05) is 32.0 Å². The van der Waals surface area contributed by atoms with Gasteiger partial charge in [0.05, 0.1) is 11.3 Å². The van der Waals surface area contributed by atoms with Gasteiger partial charge in [-0.2, -0.15) is 0 Å². The third-order valence-electron chi connectivity index (χ3n) is 6.26. The Kier molecular flexibility index (Phi) is 5.87. The molecule has 0 saturated carbocycles. The van der Waals surface area contributed by atoms with Gasteiger partial charge in [-0.15, -0.1) is 0 Å². The summed E-state index contributed by atoms with van der Waals surface area (Å²) < 4.78 is 0. The largest absolute Gasteiger partial charge is 0.366 e. The van der Waals surface area contributed by atoms with Gasteiger partial charge < -0.3 is 10.2 Å². The van der Waals surface area contributed by atoms with Gasteiger partial charge in [0.2, 0.25) is 5.91 Å². The van der Waals surface area contributed by atoms with Crippen molar-refractivity contribution in [2.24, 2.45) is 5.92 Å².